The topological polar surface area (TPSA) is 20.3 Å². The van der Waals surface area contributed by atoms with E-state index < -0.39 is 17.5 Å². The van der Waals surface area contributed by atoms with Crippen LogP contribution in [-0.4, -0.2) is 12.5 Å². The van der Waals surface area contributed by atoms with Gasteiger partial charge in [-0.1, -0.05) is 6.07 Å². The molecular formula is C16H11BrF3NO. The monoisotopic (exact) mass is 369 g/mol. The predicted octanol–water partition coefficient (Wildman–Crippen LogP) is 4.39. The summed E-state index contributed by atoms with van der Waals surface area (Å²) in [7, 11) is 0. The zero-order chi connectivity index (χ0) is 15.9. The minimum absolute atomic E-state index is 0.170. The van der Waals surface area contributed by atoms with Gasteiger partial charge in [0, 0.05) is 24.6 Å². The van der Waals surface area contributed by atoms with Gasteiger partial charge in [-0.3, -0.25) is 4.79 Å². The van der Waals surface area contributed by atoms with Crippen LogP contribution in [0.4, 0.5) is 18.9 Å². The average molecular weight is 370 g/mol. The number of hydrogen-bond acceptors (Lipinski definition) is 1. The number of halogens is 4. The first-order valence-corrected chi connectivity index (χ1v) is 7.45. The Kier molecular flexibility index (Phi) is 3.95. The maximum Gasteiger partial charge on any atom is 0.227 e. The molecule has 6 heteroatoms. The van der Waals surface area contributed by atoms with E-state index >= 15 is 0 Å². The van der Waals surface area contributed by atoms with Crippen molar-refractivity contribution in [2.45, 2.75) is 12.3 Å². The summed E-state index contributed by atoms with van der Waals surface area (Å²) in [6.07, 6.45) is 0.183. The molecule has 1 saturated heterocycles. The number of nitrogens with zero attached hydrogens (tertiary/aromatic N) is 1. The molecular weight excluding hydrogens is 359 g/mol. The van der Waals surface area contributed by atoms with Crippen molar-refractivity contribution in [3.63, 3.8) is 0 Å². The van der Waals surface area contributed by atoms with Crippen LogP contribution in [0.25, 0.3) is 0 Å². The Balaban J connectivity index is 1.86. The minimum Gasteiger partial charge on any atom is -0.312 e. The van der Waals surface area contributed by atoms with Crippen molar-refractivity contribution in [2.75, 3.05) is 11.4 Å². The second-order valence-electron chi connectivity index (χ2n) is 5.18. The van der Waals surface area contributed by atoms with Crippen molar-refractivity contribution in [1.82, 2.24) is 0 Å². The van der Waals surface area contributed by atoms with Gasteiger partial charge in [-0.15, -0.1) is 0 Å². The van der Waals surface area contributed by atoms with Crippen LogP contribution in [0.5, 0.6) is 0 Å². The summed E-state index contributed by atoms with van der Waals surface area (Å²) in [6, 6.07) is 8.08. The van der Waals surface area contributed by atoms with Gasteiger partial charge in [-0.05, 0) is 51.8 Å². The van der Waals surface area contributed by atoms with E-state index in [4.69, 9.17) is 0 Å². The van der Waals surface area contributed by atoms with Crippen LogP contribution in [0.2, 0.25) is 0 Å². The molecule has 1 amide bonds. The van der Waals surface area contributed by atoms with Crippen molar-refractivity contribution in [1.29, 1.82) is 0 Å². The average Bonchev–Trinajstić information content (AvgIpc) is 2.87. The fourth-order valence-corrected chi connectivity index (χ4v) is 2.85. The number of benzene rings is 2. The van der Waals surface area contributed by atoms with E-state index in [1.54, 1.807) is 6.07 Å². The Bertz CT molecular complexity index is 750. The minimum atomic E-state index is -0.932. The Morgan fingerprint density at radius 2 is 1.77 bits per heavy atom. The smallest absolute Gasteiger partial charge is 0.227 e. The standard InChI is InChI=1S/C16H11BrF3NO/c17-12-3-2-11(7-14(12)19)21-8-10(6-16(21)22)9-1-4-13(18)15(20)5-9/h1-5,7,10H,6,8H2. The van der Waals surface area contributed by atoms with E-state index in [9.17, 15) is 18.0 Å². The van der Waals surface area contributed by atoms with Crippen LogP contribution in [0, 0.1) is 17.5 Å². The lowest BCUT2D eigenvalue weighted by molar-refractivity contribution is -0.117. The first kappa shape index (κ1) is 15.1. The molecule has 1 fully saturated rings. The molecule has 2 nitrogen and oxygen atoms in total. The molecule has 0 spiro atoms. The number of carbonyl (C=O) groups excluding carboxylic acids is 1. The zero-order valence-electron chi connectivity index (χ0n) is 11.3. The van der Waals surface area contributed by atoms with Crippen molar-refractivity contribution < 1.29 is 18.0 Å². The van der Waals surface area contributed by atoms with Crippen LogP contribution < -0.4 is 4.90 Å². The Labute approximate surface area is 133 Å². The molecule has 3 rings (SSSR count). The van der Waals surface area contributed by atoms with Crippen LogP contribution in [0.15, 0.2) is 40.9 Å². The Morgan fingerprint density at radius 3 is 2.45 bits per heavy atom. The van der Waals surface area contributed by atoms with Crippen molar-refractivity contribution in [3.8, 4) is 0 Å². The summed E-state index contributed by atoms with van der Waals surface area (Å²) < 4.78 is 40.2. The summed E-state index contributed by atoms with van der Waals surface area (Å²) in [5.74, 6) is -2.72. The highest BCUT2D eigenvalue weighted by atomic mass is 79.9. The van der Waals surface area contributed by atoms with Gasteiger partial charge in [-0.25, -0.2) is 13.2 Å². The summed E-state index contributed by atoms with van der Waals surface area (Å²) in [6.45, 7) is 0.310. The second kappa shape index (κ2) is 5.76. The third kappa shape index (κ3) is 2.75. The van der Waals surface area contributed by atoms with Gasteiger partial charge in [0.1, 0.15) is 5.82 Å². The summed E-state index contributed by atoms with van der Waals surface area (Å²) in [5, 5.41) is 0. The highest BCUT2D eigenvalue weighted by Gasteiger charge is 2.32. The van der Waals surface area contributed by atoms with E-state index in [1.165, 1.54) is 23.1 Å². The molecule has 1 aliphatic rings. The van der Waals surface area contributed by atoms with Gasteiger partial charge in [0.2, 0.25) is 5.91 Å². The fourth-order valence-electron chi connectivity index (χ4n) is 2.60. The lowest BCUT2D eigenvalue weighted by Crippen LogP contribution is -2.24. The first-order valence-electron chi connectivity index (χ1n) is 6.66. The first-order chi connectivity index (χ1) is 10.5. The zero-order valence-corrected chi connectivity index (χ0v) is 12.9. The van der Waals surface area contributed by atoms with Crippen molar-refractivity contribution in [3.05, 3.63) is 63.9 Å². The molecule has 0 aliphatic carbocycles. The van der Waals surface area contributed by atoms with Crippen LogP contribution in [0.1, 0.15) is 17.9 Å². The summed E-state index contributed by atoms with van der Waals surface area (Å²) in [4.78, 5) is 13.6. The summed E-state index contributed by atoms with van der Waals surface area (Å²) >= 11 is 3.06. The van der Waals surface area contributed by atoms with E-state index in [2.05, 4.69) is 15.9 Å². The normalized spacial score (nSPS) is 18.1. The molecule has 0 N–H and O–H groups in total. The van der Waals surface area contributed by atoms with Gasteiger partial charge in [0.05, 0.1) is 4.47 Å². The Morgan fingerprint density at radius 1 is 1.00 bits per heavy atom. The molecule has 2 aromatic rings. The lowest BCUT2D eigenvalue weighted by Gasteiger charge is -2.17. The second-order valence-corrected chi connectivity index (χ2v) is 6.03. The van der Waals surface area contributed by atoms with E-state index in [0.717, 1.165) is 12.1 Å². The van der Waals surface area contributed by atoms with Gasteiger partial charge in [0.15, 0.2) is 11.6 Å². The van der Waals surface area contributed by atoms with E-state index in [0.29, 0.717) is 22.3 Å². The van der Waals surface area contributed by atoms with Crippen molar-refractivity contribution in [2.24, 2.45) is 0 Å². The molecule has 1 heterocycles. The van der Waals surface area contributed by atoms with E-state index in [1.807, 2.05) is 0 Å². The predicted molar refractivity (Wildman–Crippen MR) is 80.2 cm³/mol. The number of rotatable bonds is 2. The molecule has 0 saturated carbocycles. The third-order valence-electron chi connectivity index (χ3n) is 3.75. The third-order valence-corrected chi connectivity index (χ3v) is 4.40. The molecule has 0 bridgehead atoms. The molecule has 0 aromatic heterocycles. The number of carbonyl (C=O) groups is 1. The van der Waals surface area contributed by atoms with Crippen molar-refractivity contribution >= 4 is 27.5 Å². The van der Waals surface area contributed by atoms with Gasteiger partial charge in [-0.2, -0.15) is 0 Å². The molecule has 1 aliphatic heterocycles. The largest absolute Gasteiger partial charge is 0.312 e. The van der Waals surface area contributed by atoms with E-state index in [-0.39, 0.29) is 18.2 Å². The van der Waals surface area contributed by atoms with Crippen LogP contribution >= 0.6 is 15.9 Å². The van der Waals surface area contributed by atoms with Gasteiger partial charge >= 0.3 is 0 Å². The quantitative estimate of drug-likeness (QED) is 0.768. The molecule has 1 atom stereocenters. The van der Waals surface area contributed by atoms with Crippen LogP contribution in [-0.2, 0) is 4.79 Å². The number of anilines is 1. The maximum atomic E-state index is 13.6. The maximum absolute atomic E-state index is 13.6. The van der Waals surface area contributed by atoms with Gasteiger partial charge in [0.25, 0.3) is 0 Å². The highest BCUT2D eigenvalue weighted by molar-refractivity contribution is 9.10. The Hall–Kier alpha value is -1.82. The van der Waals surface area contributed by atoms with Crippen LogP contribution in [0.3, 0.4) is 0 Å². The fraction of sp³-hybridized carbons (Fsp3) is 0.188. The molecule has 0 radical (unpaired) electrons. The number of amides is 1. The lowest BCUT2D eigenvalue weighted by atomic mass is 9.98. The van der Waals surface area contributed by atoms with Gasteiger partial charge < -0.3 is 4.90 Å². The number of hydrogen-bond donors (Lipinski definition) is 0. The molecule has 114 valence electrons. The molecule has 22 heavy (non-hydrogen) atoms. The molecule has 2 aromatic carbocycles. The SMILES string of the molecule is O=C1CC(c2ccc(F)c(F)c2)CN1c1ccc(Br)c(F)c1. The molecule has 1 unspecified atom stereocenters. The summed E-state index contributed by atoms with van der Waals surface area (Å²) in [5.41, 5.74) is 1.02. The highest BCUT2D eigenvalue weighted by Crippen LogP contribution is 2.33.